The Kier molecular flexibility index (Phi) is 4.98. The second-order valence-electron chi connectivity index (χ2n) is 7.77. The number of cyclic esters (lactones) is 1. The van der Waals surface area contributed by atoms with E-state index in [0.717, 1.165) is 24.1 Å². The Morgan fingerprint density at radius 2 is 2.06 bits per heavy atom. The van der Waals surface area contributed by atoms with Crippen molar-refractivity contribution in [1.82, 2.24) is 4.90 Å². The second-order valence-corrected chi connectivity index (χ2v) is 7.77. The van der Waals surface area contributed by atoms with Crippen LogP contribution in [0, 0.1) is 12.3 Å². The number of hydrogen-bond donors (Lipinski definition) is 0. The first-order valence-electron chi connectivity index (χ1n) is 10.3. The van der Waals surface area contributed by atoms with E-state index in [9.17, 15) is 4.79 Å². The maximum Gasteiger partial charge on any atom is 0.343 e. The van der Waals surface area contributed by atoms with E-state index in [1.54, 1.807) is 13.2 Å². The third kappa shape index (κ3) is 2.93. The summed E-state index contributed by atoms with van der Waals surface area (Å²) >= 11 is 0. The van der Waals surface area contributed by atoms with Gasteiger partial charge in [0.2, 0.25) is 12.5 Å². The van der Waals surface area contributed by atoms with E-state index >= 15 is 0 Å². The molecule has 0 aromatic heterocycles. The molecule has 0 spiro atoms. The van der Waals surface area contributed by atoms with Crippen molar-refractivity contribution in [3.05, 3.63) is 40.5 Å². The maximum absolute atomic E-state index is 13.0. The molecule has 2 atom stereocenters. The van der Waals surface area contributed by atoms with Crippen LogP contribution in [0.25, 0.3) is 0 Å². The van der Waals surface area contributed by atoms with Crippen molar-refractivity contribution in [2.45, 2.75) is 18.6 Å². The predicted octanol–water partition coefficient (Wildman–Crippen LogP) is 2.89. The fraction of sp³-hybridized carbons (Fsp3) is 0.375. The summed E-state index contributed by atoms with van der Waals surface area (Å²) in [6.45, 7) is 0.931. The smallest absolute Gasteiger partial charge is 0.343 e. The van der Waals surface area contributed by atoms with Crippen molar-refractivity contribution < 1.29 is 33.2 Å². The number of ether oxygens (including phenoxy) is 6. The predicted molar refractivity (Wildman–Crippen MR) is 114 cm³/mol. The van der Waals surface area contributed by atoms with E-state index in [2.05, 4.69) is 10.8 Å². The van der Waals surface area contributed by atoms with Crippen LogP contribution in [0.15, 0.2) is 18.2 Å². The topological polar surface area (TPSA) is 75.7 Å². The summed E-state index contributed by atoms with van der Waals surface area (Å²) in [6.07, 6.45) is 5.60. The first-order valence-corrected chi connectivity index (χ1v) is 10.3. The van der Waals surface area contributed by atoms with Crippen molar-refractivity contribution >= 4 is 5.97 Å². The third-order valence-electron chi connectivity index (χ3n) is 6.16. The Balaban J connectivity index is 1.66. The number of carbonyl (C=O) groups excluding carboxylic acids is 1. The molecule has 0 aliphatic carbocycles. The summed E-state index contributed by atoms with van der Waals surface area (Å²) < 4.78 is 34.1. The zero-order valence-corrected chi connectivity index (χ0v) is 18.1. The molecule has 3 heterocycles. The van der Waals surface area contributed by atoms with E-state index in [4.69, 9.17) is 34.8 Å². The first kappa shape index (κ1) is 20.3. The van der Waals surface area contributed by atoms with Crippen molar-refractivity contribution in [2.75, 3.05) is 41.2 Å². The van der Waals surface area contributed by atoms with E-state index in [-0.39, 0.29) is 19.4 Å². The lowest BCUT2D eigenvalue weighted by Gasteiger charge is -2.38. The SMILES string of the molecule is C#CCOc1c(OC)ccc2c1C(=O)O[C@@H]2[C@H]1c2c(cc3c(c2OC)OCO3)CCN1C. The van der Waals surface area contributed by atoms with E-state index in [0.29, 0.717) is 39.9 Å². The Hall–Kier alpha value is -3.57. The van der Waals surface area contributed by atoms with Gasteiger partial charge in [0.05, 0.1) is 20.3 Å². The minimum Gasteiger partial charge on any atom is -0.493 e. The first-order chi connectivity index (χ1) is 15.6. The van der Waals surface area contributed by atoms with Crippen LogP contribution in [0.5, 0.6) is 28.7 Å². The second kappa shape index (κ2) is 7.84. The molecule has 8 nitrogen and oxygen atoms in total. The maximum atomic E-state index is 13.0. The number of hydrogen-bond acceptors (Lipinski definition) is 8. The molecule has 2 aromatic carbocycles. The molecule has 0 saturated heterocycles. The molecule has 3 aliphatic rings. The molecular formula is C24H23NO7. The van der Waals surface area contributed by atoms with E-state index < -0.39 is 12.1 Å². The van der Waals surface area contributed by atoms with Gasteiger partial charge in [-0.15, -0.1) is 6.42 Å². The highest BCUT2D eigenvalue weighted by atomic mass is 16.7. The minimum atomic E-state index is -0.574. The van der Waals surface area contributed by atoms with Gasteiger partial charge in [-0.05, 0) is 31.2 Å². The zero-order valence-electron chi connectivity index (χ0n) is 18.1. The lowest BCUT2D eigenvalue weighted by Crippen LogP contribution is -2.36. The summed E-state index contributed by atoms with van der Waals surface area (Å²) in [4.78, 5) is 15.2. The van der Waals surface area contributed by atoms with Crippen LogP contribution < -0.4 is 23.7 Å². The van der Waals surface area contributed by atoms with E-state index in [1.165, 1.54) is 7.11 Å². The van der Waals surface area contributed by atoms with Crippen molar-refractivity contribution in [3.8, 4) is 41.1 Å². The molecule has 5 rings (SSSR count). The Morgan fingerprint density at radius 3 is 2.81 bits per heavy atom. The van der Waals surface area contributed by atoms with Crippen LogP contribution in [0.4, 0.5) is 0 Å². The molecule has 0 saturated carbocycles. The molecule has 0 amide bonds. The van der Waals surface area contributed by atoms with Crippen LogP contribution in [0.2, 0.25) is 0 Å². The van der Waals surface area contributed by atoms with Gasteiger partial charge >= 0.3 is 5.97 Å². The quantitative estimate of drug-likeness (QED) is 0.522. The Labute approximate surface area is 185 Å². The molecule has 0 radical (unpaired) electrons. The Bertz CT molecular complexity index is 1140. The molecule has 0 N–H and O–H groups in total. The van der Waals surface area contributed by atoms with Crippen molar-refractivity contribution in [2.24, 2.45) is 0 Å². The van der Waals surface area contributed by atoms with Gasteiger partial charge in [-0.2, -0.15) is 0 Å². The molecule has 0 fully saturated rings. The standard InChI is InChI=1S/C24H23NO7/c1-5-10-29-21-15(27-3)7-6-14-18(21)24(26)32-20(14)19-17-13(8-9-25(19)2)11-16-22(23(17)28-4)31-12-30-16/h1,6-7,11,19-20H,8-10,12H2,2-4H3/t19-,20+/m1/s1. The number of carbonyl (C=O) groups is 1. The van der Waals surface area contributed by atoms with Gasteiger partial charge in [-0.3, -0.25) is 4.90 Å². The monoisotopic (exact) mass is 437 g/mol. The molecule has 8 heteroatoms. The van der Waals surface area contributed by atoms with Crippen molar-refractivity contribution in [3.63, 3.8) is 0 Å². The van der Waals surface area contributed by atoms with E-state index in [1.807, 2.05) is 19.2 Å². The largest absolute Gasteiger partial charge is 0.493 e. The highest BCUT2D eigenvalue weighted by Gasteiger charge is 2.46. The normalized spacial score (nSPS) is 20.8. The number of benzene rings is 2. The van der Waals surface area contributed by atoms with Crippen LogP contribution >= 0.6 is 0 Å². The molecule has 0 unspecified atom stereocenters. The fourth-order valence-corrected chi connectivity index (χ4v) is 4.77. The molecule has 3 aliphatic heterocycles. The summed E-state index contributed by atoms with van der Waals surface area (Å²) in [5.74, 6) is 4.52. The highest BCUT2D eigenvalue weighted by Crippen LogP contribution is 2.55. The number of fused-ring (bicyclic) bond motifs is 3. The van der Waals surface area contributed by atoms with Crippen LogP contribution in [0.1, 0.15) is 39.2 Å². The molecule has 2 aromatic rings. The van der Waals surface area contributed by atoms with Gasteiger partial charge in [-0.1, -0.05) is 12.0 Å². The summed E-state index contributed by atoms with van der Waals surface area (Å²) in [6, 6.07) is 5.31. The number of likely N-dealkylation sites (N-methyl/N-ethyl adjacent to an activating group) is 1. The number of nitrogens with zero attached hydrogens (tertiary/aromatic N) is 1. The fourth-order valence-electron chi connectivity index (χ4n) is 4.77. The van der Waals surface area contributed by atoms with Crippen LogP contribution in [-0.2, 0) is 11.2 Å². The molecule has 0 bridgehead atoms. The highest BCUT2D eigenvalue weighted by molar-refractivity contribution is 5.98. The number of methoxy groups -OCH3 is 2. The summed E-state index contributed by atoms with van der Waals surface area (Å²) in [5, 5.41) is 0. The number of terminal acetylenes is 1. The van der Waals surface area contributed by atoms with Crippen molar-refractivity contribution in [1.29, 1.82) is 0 Å². The molecule has 166 valence electrons. The van der Waals surface area contributed by atoms with Gasteiger partial charge in [0.25, 0.3) is 0 Å². The summed E-state index contributed by atoms with van der Waals surface area (Å²) in [5.41, 5.74) is 3.06. The van der Waals surface area contributed by atoms with Gasteiger partial charge in [0, 0.05) is 17.7 Å². The van der Waals surface area contributed by atoms with Crippen LogP contribution in [0.3, 0.4) is 0 Å². The average molecular weight is 437 g/mol. The Morgan fingerprint density at radius 1 is 1.22 bits per heavy atom. The summed E-state index contributed by atoms with van der Waals surface area (Å²) in [7, 11) is 5.12. The third-order valence-corrected chi connectivity index (χ3v) is 6.16. The lowest BCUT2D eigenvalue weighted by molar-refractivity contribution is 0.00873. The van der Waals surface area contributed by atoms with Gasteiger partial charge < -0.3 is 28.4 Å². The number of rotatable bonds is 5. The van der Waals surface area contributed by atoms with Crippen LogP contribution in [-0.4, -0.2) is 52.1 Å². The minimum absolute atomic E-state index is 0.00816. The molecule has 32 heavy (non-hydrogen) atoms. The molecular weight excluding hydrogens is 414 g/mol. The lowest BCUT2D eigenvalue weighted by atomic mass is 9.85. The average Bonchev–Trinajstić information content (AvgIpc) is 3.40. The van der Waals surface area contributed by atoms with Gasteiger partial charge in [0.1, 0.15) is 18.3 Å². The van der Waals surface area contributed by atoms with Gasteiger partial charge in [-0.25, -0.2) is 4.79 Å². The zero-order chi connectivity index (χ0) is 22.4. The van der Waals surface area contributed by atoms with Gasteiger partial charge in [0.15, 0.2) is 23.0 Å². The number of esters is 1.